The first-order chi connectivity index (χ1) is 16.0. The van der Waals surface area contributed by atoms with E-state index in [-0.39, 0.29) is 11.7 Å². The van der Waals surface area contributed by atoms with Crippen molar-refractivity contribution in [1.82, 2.24) is 34.6 Å². The van der Waals surface area contributed by atoms with Crippen LogP contribution in [0.5, 0.6) is 0 Å². The summed E-state index contributed by atoms with van der Waals surface area (Å²) in [4.78, 5) is 49.9. The lowest BCUT2D eigenvalue weighted by atomic mass is 10.0. The largest absolute Gasteiger partial charge is 0.465 e. The third-order valence-electron chi connectivity index (χ3n) is 7.03. The fourth-order valence-corrected chi connectivity index (χ4v) is 5.20. The SMILES string of the molecule is O=C(O)N1CCC(NCCN2CCC(n3c(=O)[nH]c(=O)c4cnc5[nH]ccc5c43)CC2)CC1. The number of aromatic nitrogens is 4. The van der Waals surface area contributed by atoms with Crippen molar-refractivity contribution in [3.63, 3.8) is 0 Å². The minimum atomic E-state index is -0.834. The van der Waals surface area contributed by atoms with Gasteiger partial charge in [-0.25, -0.2) is 14.6 Å². The van der Waals surface area contributed by atoms with Gasteiger partial charge in [0.2, 0.25) is 0 Å². The summed E-state index contributed by atoms with van der Waals surface area (Å²) in [6.07, 6.45) is 5.81. The summed E-state index contributed by atoms with van der Waals surface area (Å²) >= 11 is 0. The molecule has 2 aliphatic rings. The van der Waals surface area contributed by atoms with Gasteiger partial charge in [0.05, 0.1) is 10.9 Å². The Balaban J connectivity index is 1.21. The fraction of sp³-hybridized carbons (Fsp3) is 0.545. The maximum atomic E-state index is 12.8. The van der Waals surface area contributed by atoms with E-state index in [1.807, 2.05) is 6.07 Å². The molecule has 0 unspecified atom stereocenters. The van der Waals surface area contributed by atoms with Gasteiger partial charge in [-0.1, -0.05) is 0 Å². The first-order valence-corrected chi connectivity index (χ1v) is 11.6. The minimum Gasteiger partial charge on any atom is -0.465 e. The number of fused-ring (bicyclic) bond motifs is 3. The van der Waals surface area contributed by atoms with Crippen LogP contribution in [0.1, 0.15) is 31.7 Å². The van der Waals surface area contributed by atoms with E-state index in [2.05, 4.69) is 25.2 Å². The number of pyridine rings is 1. The topological polar surface area (TPSA) is 139 Å². The number of H-pyrrole nitrogens is 2. The van der Waals surface area contributed by atoms with Gasteiger partial charge in [-0.15, -0.1) is 0 Å². The molecule has 0 atom stereocenters. The van der Waals surface area contributed by atoms with E-state index in [1.165, 1.54) is 11.1 Å². The van der Waals surface area contributed by atoms with Crippen LogP contribution in [0.25, 0.3) is 21.9 Å². The molecule has 0 aromatic carbocycles. The number of piperidine rings is 2. The van der Waals surface area contributed by atoms with E-state index >= 15 is 0 Å². The van der Waals surface area contributed by atoms with Crippen LogP contribution < -0.4 is 16.6 Å². The lowest BCUT2D eigenvalue weighted by Crippen LogP contribution is -2.47. The van der Waals surface area contributed by atoms with Gasteiger partial charge < -0.3 is 25.2 Å². The third-order valence-corrected chi connectivity index (χ3v) is 7.03. The molecule has 5 rings (SSSR count). The second-order valence-electron chi connectivity index (χ2n) is 8.96. The standard InChI is InChI=1S/C22H29N7O4/c30-20-17-13-25-19-16(1-6-24-19)18(17)29(21(31)26-20)15-4-8-27(9-5-15)12-7-23-14-2-10-28(11-3-14)22(32)33/h1,6,13-15,23H,2-5,7-12H2,(H,24,25)(H,32,33)(H,26,30,31). The Morgan fingerprint density at radius 2 is 1.88 bits per heavy atom. The number of hydrogen-bond donors (Lipinski definition) is 4. The van der Waals surface area contributed by atoms with Crippen molar-refractivity contribution in [2.45, 2.75) is 37.8 Å². The fourth-order valence-electron chi connectivity index (χ4n) is 5.20. The zero-order valence-corrected chi connectivity index (χ0v) is 18.4. The molecule has 2 fully saturated rings. The van der Waals surface area contributed by atoms with E-state index < -0.39 is 11.7 Å². The van der Waals surface area contributed by atoms with Crippen molar-refractivity contribution < 1.29 is 9.90 Å². The van der Waals surface area contributed by atoms with Gasteiger partial charge in [-0.2, -0.15) is 0 Å². The Hall–Kier alpha value is -3.18. The van der Waals surface area contributed by atoms with Gasteiger partial charge in [0.1, 0.15) is 5.65 Å². The molecule has 2 aliphatic heterocycles. The third kappa shape index (κ3) is 4.25. The number of rotatable bonds is 5. The number of carbonyl (C=O) groups is 1. The number of nitrogens with one attached hydrogen (secondary N) is 3. The smallest absolute Gasteiger partial charge is 0.407 e. The van der Waals surface area contributed by atoms with E-state index in [0.717, 1.165) is 57.2 Å². The van der Waals surface area contributed by atoms with Crippen molar-refractivity contribution in [1.29, 1.82) is 0 Å². The van der Waals surface area contributed by atoms with E-state index in [9.17, 15) is 14.4 Å². The highest BCUT2D eigenvalue weighted by Crippen LogP contribution is 2.27. The zero-order chi connectivity index (χ0) is 22.9. The highest BCUT2D eigenvalue weighted by atomic mass is 16.4. The van der Waals surface area contributed by atoms with Crippen molar-refractivity contribution in [3.8, 4) is 0 Å². The molecule has 5 heterocycles. The lowest BCUT2D eigenvalue weighted by molar-refractivity contribution is 0.127. The predicted molar refractivity (Wildman–Crippen MR) is 124 cm³/mol. The first kappa shape index (κ1) is 21.7. The predicted octanol–water partition coefficient (Wildman–Crippen LogP) is 0.935. The van der Waals surface area contributed by atoms with Crippen LogP contribution in [0, 0.1) is 0 Å². The quantitative estimate of drug-likeness (QED) is 0.449. The molecular formula is C22H29N7O4. The monoisotopic (exact) mass is 455 g/mol. The van der Waals surface area contributed by atoms with Crippen LogP contribution in [-0.2, 0) is 0 Å². The van der Waals surface area contributed by atoms with Gasteiger partial charge in [-0.3, -0.25) is 14.3 Å². The number of amides is 1. The highest BCUT2D eigenvalue weighted by Gasteiger charge is 2.25. The molecule has 1 amide bonds. The molecule has 0 saturated carbocycles. The summed E-state index contributed by atoms with van der Waals surface area (Å²) in [6.45, 7) is 4.70. The van der Waals surface area contributed by atoms with Crippen LogP contribution in [0.15, 0.2) is 28.0 Å². The average Bonchev–Trinajstić information content (AvgIpc) is 3.29. The summed E-state index contributed by atoms with van der Waals surface area (Å²) < 4.78 is 1.75. The number of nitrogens with zero attached hydrogens (tertiary/aromatic N) is 4. The number of carboxylic acid groups (broad SMARTS) is 1. The first-order valence-electron chi connectivity index (χ1n) is 11.6. The second kappa shape index (κ2) is 8.99. The molecule has 0 radical (unpaired) electrons. The van der Waals surface area contributed by atoms with Gasteiger partial charge in [0, 0.05) is 69.1 Å². The van der Waals surface area contributed by atoms with Gasteiger partial charge in [-0.05, 0) is 31.7 Å². The molecular weight excluding hydrogens is 426 g/mol. The number of likely N-dealkylation sites (tertiary alicyclic amines) is 2. The van der Waals surface area contributed by atoms with Gasteiger partial charge in [0.15, 0.2) is 0 Å². The minimum absolute atomic E-state index is 0.0157. The zero-order valence-electron chi connectivity index (χ0n) is 18.4. The number of hydrogen-bond acceptors (Lipinski definition) is 6. The molecule has 176 valence electrons. The molecule has 2 saturated heterocycles. The summed E-state index contributed by atoms with van der Waals surface area (Å²) in [5.74, 6) is 0. The molecule has 33 heavy (non-hydrogen) atoms. The number of aromatic amines is 2. The van der Waals surface area contributed by atoms with Crippen molar-refractivity contribution in [2.24, 2.45) is 0 Å². The van der Waals surface area contributed by atoms with Crippen LogP contribution in [0.3, 0.4) is 0 Å². The van der Waals surface area contributed by atoms with Crippen LogP contribution in [0.2, 0.25) is 0 Å². The van der Waals surface area contributed by atoms with Gasteiger partial charge in [0.25, 0.3) is 5.56 Å². The van der Waals surface area contributed by atoms with E-state index in [0.29, 0.717) is 35.7 Å². The highest BCUT2D eigenvalue weighted by molar-refractivity contribution is 6.01. The van der Waals surface area contributed by atoms with Crippen molar-refractivity contribution >= 4 is 28.0 Å². The Morgan fingerprint density at radius 3 is 2.61 bits per heavy atom. The van der Waals surface area contributed by atoms with Crippen molar-refractivity contribution in [2.75, 3.05) is 39.3 Å². The molecule has 11 heteroatoms. The average molecular weight is 456 g/mol. The Morgan fingerprint density at radius 1 is 1.12 bits per heavy atom. The molecule has 3 aromatic rings. The van der Waals surface area contributed by atoms with Crippen molar-refractivity contribution in [3.05, 3.63) is 39.3 Å². The molecule has 11 nitrogen and oxygen atoms in total. The lowest BCUT2D eigenvalue weighted by Gasteiger charge is -2.34. The summed E-state index contributed by atoms with van der Waals surface area (Å²) in [5, 5.41) is 13.8. The Labute approximate surface area is 189 Å². The summed E-state index contributed by atoms with van der Waals surface area (Å²) in [7, 11) is 0. The van der Waals surface area contributed by atoms with E-state index in [1.54, 1.807) is 10.8 Å². The normalized spacial score (nSPS) is 19.0. The molecule has 3 aromatic heterocycles. The molecule has 0 spiro atoms. The van der Waals surface area contributed by atoms with Crippen LogP contribution >= 0.6 is 0 Å². The summed E-state index contributed by atoms with van der Waals surface area (Å²) in [5.41, 5.74) is 0.551. The van der Waals surface area contributed by atoms with E-state index in [4.69, 9.17) is 5.11 Å². The Bertz CT molecular complexity index is 1260. The second-order valence-corrected chi connectivity index (χ2v) is 8.96. The Kier molecular flexibility index (Phi) is 5.90. The summed E-state index contributed by atoms with van der Waals surface area (Å²) in [6, 6.07) is 2.24. The maximum Gasteiger partial charge on any atom is 0.407 e. The molecule has 0 aliphatic carbocycles. The molecule has 0 bridgehead atoms. The molecule has 4 N–H and O–H groups in total. The van der Waals surface area contributed by atoms with Crippen LogP contribution in [-0.4, -0.2) is 85.8 Å². The van der Waals surface area contributed by atoms with Crippen LogP contribution in [0.4, 0.5) is 4.79 Å². The maximum absolute atomic E-state index is 12.8. The van der Waals surface area contributed by atoms with Gasteiger partial charge >= 0.3 is 11.8 Å².